The number of benzene rings is 2. The molecule has 0 atom stereocenters. The number of thiophene rings is 1. The fraction of sp³-hybridized carbons (Fsp3) is 0.107. The van der Waals surface area contributed by atoms with Crippen LogP contribution in [0.2, 0.25) is 0 Å². The molecule has 0 unspecified atom stereocenters. The van der Waals surface area contributed by atoms with Crippen LogP contribution >= 0.6 is 11.3 Å². The van der Waals surface area contributed by atoms with Gasteiger partial charge in [-0.25, -0.2) is 14.6 Å². The first-order valence-electron chi connectivity index (χ1n) is 11.5. The highest BCUT2D eigenvalue weighted by Gasteiger charge is 2.15. The van der Waals surface area contributed by atoms with E-state index in [0.29, 0.717) is 10.2 Å². The van der Waals surface area contributed by atoms with Gasteiger partial charge >= 0.3 is 0 Å². The topological polar surface area (TPSA) is 78.0 Å². The second kappa shape index (κ2) is 8.66. The molecule has 6 rings (SSSR count). The maximum Gasteiger partial charge on any atom is 0.291 e. The standard InChI is InChI=1S/C28H22N6OS/c1-17-9-11-20(12-10-17)24-21(15-33(32-24)22-7-5-4-6-8-22)14-30-34-16-29-25-23-18(2)13-19(3)31-27(23)36-26(25)28(34)35/h4-16H,1-3H3/b30-14-. The zero-order valence-electron chi connectivity index (χ0n) is 20.0. The quantitative estimate of drug-likeness (QED) is 0.299. The van der Waals surface area contributed by atoms with Crippen LogP contribution in [0.15, 0.2) is 83.1 Å². The summed E-state index contributed by atoms with van der Waals surface area (Å²) in [6.07, 6.45) is 5.05. The number of hydrogen-bond acceptors (Lipinski definition) is 6. The van der Waals surface area contributed by atoms with Gasteiger partial charge in [-0.3, -0.25) is 4.79 Å². The van der Waals surface area contributed by atoms with Gasteiger partial charge in [0.2, 0.25) is 0 Å². The molecule has 6 aromatic rings. The van der Waals surface area contributed by atoms with Crippen molar-refractivity contribution in [2.75, 3.05) is 0 Å². The molecule has 0 amide bonds. The minimum atomic E-state index is -0.219. The molecule has 8 heteroatoms. The van der Waals surface area contributed by atoms with Crippen molar-refractivity contribution in [1.82, 2.24) is 24.4 Å². The molecule has 36 heavy (non-hydrogen) atoms. The van der Waals surface area contributed by atoms with Crippen molar-refractivity contribution in [2.45, 2.75) is 20.8 Å². The molecular weight excluding hydrogens is 468 g/mol. The Morgan fingerprint density at radius 1 is 1.00 bits per heavy atom. The molecule has 0 spiro atoms. The van der Waals surface area contributed by atoms with Gasteiger partial charge in [0.25, 0.3) is 5.56 Å². The van der Waals surface area contributed by atoms with Crippen LogP contribution in [-0.4, -0.2) is 30.6 Å². The molecular formula is C28H22N6OS. The van der Waals surface area contributed by atoms with Crippen molar-refractivity contribution >= 4 is 38.0 Å². The Labute approximate surface area is 211 Å². The van der Waals surface area contributed by atoms with E-state index in [1.54, 1.807) is 6.21 Å². The zero-order valence-corrected chi connectivity index (χ0v) is 20.8. The number of fused-ring (bicyclic) bond motifs is 3. The predicted molar refractivity (Wildman–Crippen MR) is 145 cm³/mol. The molecule has 4 heterocycles. The van der Waals surface area contributed by atoms with Gasteiger partial charge in [-0.15, -0.1) is 11.3 Å². The van der Waals surface area contributed by atoms with E-state index >= 15 is 0 Å². The lowest BCUT2D eigenvalue weighted by atomic mass is 10.1. The van der Waals surface area contributed by atoms with E-state index in [1.165, 1.54) is 27.9 Å². The van der Waals surface area contributed by atoms with Gasteiger partial charge < -0.3 is 0 Å². The molecule has 0 saturated heterocycles. The van der Waals surface area contributed by atoms with E-state index in [9.17, 15) is 4.79 Å². The maximum atomic E-state index is 13.3. The van der Waals surface area contributed by atoms with Crippen molar-refractivity contribution in [3.05, 3.63) is 106 Å². The van der Waals surface area contributed by atoms with E-state index in [0.717, 1.165) is 44.0 Å². The van der Waals surface area contributed by atoms with E-state index in [2.05, 4.69) is 34.1 Å². The van der Waals surface area contributed by atoms with Gasteiger partial charge in [0.15, 0.2) is 0 Å². The Morgan fingerprint density at radius 2 is 1.78 bits per heavy atom. The summed E-state index contributed by atoms with van der Waals surface area (Å²) >= 11 is 1.36. The smallest absolute Gasteiger partial charge is 0.266 e. The first-order valence-corrected chi connectivity index (χ1v) is 12.3. The molecule has 0 saturated carbocycles. The van der Waals surface area contributed by atoms with Gasteiger partial charge in [-0.1, -0.05) is 48.0 Å². The fourth-order valence-electron chi connectivity index (χ4n) is 4.30. The first-order chi connectivity index (χ1) is 17.5. The normalized spacial score (nSPS) is 11.8. The highest BCUT2D eigenvalue weighted by Crippen LogP contribution is 2.31. The Bertz CT molecular complexity index is 1830. The summed E-state index contributed by atoms with van der Waals surface area (Å²) in [5, 5.41) is 10.3. The van der Waals surface area contributed by atoms with Gasteiger partial charge in [-0.05, 0) is 44.5 Å². The molecule has 176 valence electrons. The largest absolute Gasteiger partial charge is 0.291 e. The van der Waals surface area contributed by atoms with Crippen molar-refractivity contribution in [1.29, 1.82) is 0 Å². The first kappa shape index (κ1) is 22.1. The van der Waals surface area contributed by atoms with Crippen molar-refractivity contribution < 1.29 is 0 Å². The third-order valence-corrected chi connectivity index (χ3v) is 7.13. The van der Waals surface area contributed by atoms with Gasteiger partial charge in [0, 0.05) is 28.4 Å². The lowest BCUT2D eigenvalue weighted by Gasteiger charge is -2.01. The summed E-state index contributed by atoms with van der Waals surface area (Å²) in [5.41, 5.74) is 7.09. The second-order valence-corrected chi connectivity index (χ2v) is 9.76. The highest BCUT2D eigenvalue weighted by atomic mass is 32.1. The monoisotopic (exact) mass is 490 g/mol. The maximum absolute atomic E-state index is 13.3. The third kappa shape index (κ3) is 3.81. The van der Waals surface area contributed by atoms with Crippen molar-refractivity contribution in [2.24, 2.45) is 5.10 Å². The fourth-order valence-corrected chi connectivity index (χ4v) is 5.47. The Balaban J connectivity index is 1.46. The van der Waals surface area contributed by atoms with Crippen LogP contribution in [0.25, 0.3) is 37.4 Å². The Kier molecular flexibility index (Phi) is 5.30. The van der Waals surface area contributed by atoms with Crippen molar-refractivity contribution in [3.8, 4) is 16.9 Å². The second-order valence-electron chi connectivity index (χ2n) is 8.76. The van der Waals surface area contributed by atoms with Crippen LogP contribution in [0.3, 0.4) is 0 Å². The number of hydrogen-bond donors (Lipinski definition) is 0. The summed E-state index contributed by atoms with van der Waals surface area (Å²) in [6, 6.07) is 20.1. The number of pyridine rings is 1. The van der Waals surface area contributed by atoms with E-state index in [1.807, 2.05) is 73.3 Å². The van der Waals surface area contributed by atoms with Crippen LogP contribution in [-0.2, 0) is 0 Å². The van der Waals surface area contributed by atoms with E-state index in [4.69, 9.17) is 5.10 Å². The highest BCUT2D eigenvalue weighted by molar-refractivity contribution is 7.25. The Hall–Kier alpha value is -4.43. The molecule has 0 aliphatic rings. The van der Waals surface area contributed by atoms with Gasteiger partial charge in [-0.2, -0.15) is 14.9 Å². The van der Waals surface area contributed by atoms with E-state index in [-0.39, 0.29) is 5.56 Å². The van der Waals surface area contributed by atoms with Gasteiger partial charge in [0.1, 0.15) is 21.6 Å². The zero-order chi connectivity index (χ0) is 24.8. The number of rotatable bonds is 4. The van der Waals surface area contributed by atoms with Crippen LogP contribution < -0.4 is 5.56 Å². The Morgan fingerprint density at radius 3 is 2.56 bits per heavy atom. The number of para-hydroxylation sites is 1. The predicted octanol–water partition coefficient (Wildman–Crippen LogP) is 5.67. The lowest BCUT2D eigenvalue weighted by molar-refractivity contribution is 0.819. The molecule has 0 bridgehead atoms. The number of nitrogens with zero attached hydrogens (tertiary/aromatic N) is 6. The molecule has 7 nitrogen and oxygen atoms in total. The average Bonchev–Trinajstić information content (AvgIpc) is 3.47. The molecule has 0 N–H and O–H groups in total. The summed E-state index contributed by atoms with van der Waals surface area (Å²) in [4.78, 5) is 23.3. The summed E-state index contributed by atoms with van der Waals surface area (Å²) in [6.45, 7) is 6.02. The molecule has 0 radical (unpaired) electrons. The minimum absolute atomic E-state index is 0.219. The SMILES string of the molecule is Cc1ccc(-c2nn(-c3ccccc3)cc2/C=N\n2cnc3c(sc4nc(C)cc(C)c43)c2=O)cc1. The molecule has 0 aliphatic carbocycles. The van der Waals surface area contributed by atoms with E-state index < -0.39 is 0 Å². The van der Waals surface area contributed by atoms with Crippen LogP contribution in [0.1, 0.15) is 22.4 Å². The molecule has 2 aromatic carbocycles. The minimum Gasteiger partial charge on any atom is -0.266 e. The number of aromatic nitrogens is 5. The van der Waals surface area contributed by atoms with Gasteiger partial charge in [0.05, 0.1) is 17.4 Å². The molecule has 0 aliphatic heterocycles. The van der Waals surface area contributed by atoms with Crippen LogP contribution in [0, 0.1) is 20.8 Å². The molecule has 0 fully saturated rings. The lowest BCUT2D eigenvalue weighted by Crippen LogP contribution is -2.15. The summed E-state index contributed by atoms with van der Waals surface area (Å²) in [7, 11) is 0. The average molecular weight is 491 g/mol. The molecule has 4 aromatic heterocycles. The summed E-state index contributed by atoms with van der Waals surface area (Å²) < 4.78 is 3.65. The number of aryl methyl sites for hydroxylation is 3. The summed E-state index contributed by atoms with van der Waals surface area (Å²) in [5.74, 6) is 0. The van der Waals surface area contributed by atoms with Crippen molar-refractivity contribution in [3.63, 3.8) is 0 Å². The van der Waals surface area contributed by atoms with Crippen LogP contribution in [0.4, 0.5) is 0 Å². The third-order valence-electron chi connectivity index (χ3n) is 6.07. The van der Waals surface area contributed by atoms with Crippen LogP contribution in [0.5, 0.6) is 0 Å².